The number of aromatic nitrogens is 2. The highest BCUT2D eigenvalue weighted by Crippen LogP contribution is 2.34. The fourth-order valence-corrected chi connectivity index (χ4v) is 3.55. The number of ether oxygens (including phenoxy) is 2. The molecule has 1 N–H and O–H groups in total. The van der Waals surface area contributed by atoms with Crippen LogP contribution in [0.5, 0.6) is 5.88 Å². The molecule has 4 rings (SSSR count). The molecule has 1 saturated carbocycles. The maximum absolute atomic E-state index is 13.8. The summed E-state index contributed by atoms with van der Waals surface area (Å²) >= 11 is 0. The van der Waals surface area contributed by atoms with Gasteiger partial charge >= 0.3 is 12.1 Å². The van der Waals surface area contributed by atoms with Gasteiger partial charge in [-0.05, 0) is 31.9 Å². The normalized spacial score (nSPS) is 22.5. The van der Waals surface area contributed by atoms with Crippen LogP contribution in [0.1, 0.15) is 29.0 Å². The maximum atomic E-state index is 13.8. The minimum absolute atomic E-state index is 0.0323. The van der Waals surface area contributed by atoms with Gasteiger partial charge < -0.3 is 24.0 Å². The van der Waals surface area contributed by atoms with E-state index < -0.39 is 18.0 Å². The van der Waals surface area contributed by atoms with Gasteiger partial charge in [-0.15, -0.1) is 0 Å². The summed E-state index contributed by atoms with van der Waals surface area (Å²) < 4.78 is 62.1. The van der Waals surface area contributed by atoms with E-state index in [9.17, 15) is 22.4 Å². The second kappa shape index (κ2) is 9.51. The van der Waals surface area contributed by atoms with Crippen molar-refractivity contribution < 1.29 is 46.3 Å². The first-order chi connectivity index (χ1) is 15.1. The molecule has 174 valence electrons. The summed E-state index contributed by atoms with van der Waals surface area (Å²) in [6.07, 6.45) is -1.42. The minimum Gasteiger partial charge on any atom is -0.475 e. The number of rotatable bonds is 3. The van der Waals surface area contributed by atoms with Gasteiger partial charge in [0.2, 0.25) is 0 Å². The number of morpholine rings is 1. The van der Waals surface area contributed by atoms with Gasteiger partial charge in [-0.25, -0.2) is 14.2 Å². The zero-order valence-electron chi connectivity index (χ0n) is 16.7. The molecule has 1 aliphatic carbocycles. The standard InChI is InChI=1S/C17H18FN3O4.C2HF3O2/c1-10-11(9-20-25-10)17(22)21-7-8-23-15-13(21)4-5-14(15)24-16-12(18)3-2-6-19-16;3-2(4,5)1(6)7/h2-3,6,9,13-15H,4-5,7-8H2,1H3;(H,6,7)/t13-,14+,15+;/m0./s1. The Morgan fingerprint density at radius 2 is 2.03 bits per heavy atom. The van der Waals surface area contributed by atoms with Crippen LogP contribution in [0.25, 0.3) is 0 Å². The Kier molecular flexibility index (Phi) is 6.96. The summed E-state index contributed by atoms with van der Waals surface area (Å²) in [5.41, 5.74) is 0.459. The molecular weight excluding hydrogens is 442 g/mol. The van der Waals surface area contributed by atoms with Gasteiger partial charge in [-0.1, -0.05) is 5.16 Å². The molecule has 0 unspecified atom stereocenters. The number of hydrogen-bond donors (Lipinski definition) is 1. The Morgan fingerprint density at radius 1 is 1.31 bits per heavy atom. The van der Waals surface area contributed by atoms with E-state index in [-0.39, 0.29) is 30.0 Å². The number of halogens is 4. The predicted octanol–water partition coefficient (Wildman–Crippen LogP) is 2.60. The van der Waals surface area contributed by atoms with Crippen molar-refractivity contribution in [1.82, 2.24) is 15.0 Å². The van der Waals surface area contributed by atoms with Gasteiger partial charge in [0.15, 0.2) is 5.82 Å². The minimum atomic E-state index is -5.08. The SMILES string of the molecule is Cc1oncc1C(=O)N1CCO[C@H]2[C@H](Oc3ncccc3F)CC[C@@H]21.O=C(O)C(F)(F)F. The summed E-state index contributed by atoms with van der Waals surface area (Å²) in [7, 11) is 0. The molecule has 2 aromatic heterocycles. The van der Waals surface area contributed by atoms with Crippen molar-refractivity contribution in [3.05, 3.63) is 41.7 Å². The van der Waals surface area contributed by atoms with Crippen molar-refractivity contribution in [1.29, 1.82) is 0 Å². The van der Waals surface area contributed by atoms with E-state index in [1.807, 2.05) is 0 Å². The van der Waals surface area contributed by atoms with Crippen LogP contribution in [0, 0.1) is 12.7 Å². The van der Waals surface area contributed by atoms with E-state index in [4.69, 9.17) is 23.9 Å². The van der Waals surface area contributed by atoms with E-state index in [1.54, 1.807) is 11.8 Å². The molecule has 9 nitrogen and oxygen atoms in total. The summed E-state index contributed by atoms with van der Waals surface area (Å²) in [5, 5.41) is 10.8. The molecule has 32 heavy (non-hydrogen) atoms. The zero-order chi connectivity index (χ0) is 23.5. The summed E-state index contributed by atoms with van der Waals surface area (Å²) in [6.45, 7) is 2.61. The molecular formula is C19H19F4N3O6. The molecule has 1 saturated heterocycles. The molecule has 3 atom stereocenters. The number of carbonyl (C=O) groups is 2. The number of pyridine rings is 1. The third-order valence-corrected chi connectivity index (χ3v) is 5.01. The van der Waals surface area contributed by atoms with Crippen LogP contribution in [0.2, 0.25) is 0 Å². The van der Waals surface area contributed by atoms with Crippen LogP contribution in [-0.4, -0.2) is 69.6 Å². The first-order valence-electron chi connectivity index (χ1n) is 9.50. The lowest BCUT2D eigenvalue weighted by Gasteiger charge is -2.38. The number of amides is 1. The fraction of sp³-hybridized carbons (Fsp3) is 0.474. The van der Waals surface area contributed by atoms with Gasteiger partial charge in [0.1, 0.15) is 23.5 Å². The van der Waals surface area contributed by atoms with Crippen LogP contribution in [-0.2, 0) is 9.53 Å². The largest absolute Gasteiger partial charge is 0.490 e. The summed E-state index contributed by atoms with van der Waals surface area (Å²) in [4.78, 5) is 27.4. The molecule has 3 heterocycles. The summed E-state index contributed by atoms with van der Waals surface area (Å²) in [5.74, 6) is -2.92. The molecule has 2 aliphatic rings. The first kappa shape index (κ1) is 23.4. The van der Waals surface area contributed by atoms with Crippen molar-refractivity contribution in [2.45, 2.75) is 44.2 Å². The second-order valence-electron chi connectivity index (χ2n) is 7.02. The highest BCUT2D eigenvalue weighted by atomic mass is 19.4. The van der Waals surface area contributed by atoms with E-state index >= 15 is 0 Å². The average Bonchev–Trinajstić information content (AvgIpc) is 3.35. The van der Waals surface area contributed by atoms with Crippen molar-refractivity contribution in [3.8, 4) is 5.88 Å². The van der Waals surface area contributed by atoms with Gasteiger partial charge in [-0.2, -0.15) is 13.2 Å². The molecule has 0 spiro atoms. The van der Waals surface area contributed by atoms with Gasteiger partial charge in [0, 0.05) is 12.7 Å². The van der Waals surface area contributed by atoms with Gasteiger partial charge in [0.05, 0.1) is 18.8 Å². The number of aliphatic carboxylic acids is 1. The summed E-state index contributed by atoms with van der Waals surface area (Å²) in [6, 6.07) is 2.70. The number of fused-ring (bicyclic) bond motifs is 1. The molecule has 2 aromatic rings. The Labute approximate surface area is 178 Å². The van der Waals surface area contributed by atoms with E-state index in [2.05, 4.69) is 10.1 Å². The average molecular weight is 461 g/mol. The van der Waals surface area contributed by atoms with Crippen LogP contribution in [0.3, 0.4) is 0 Å². The van der Waals surface area contributed by atoms with Crippen molar-refractivity contribution in [2.24, 2.45) is 0 Å². The predicted molar refractivity (Wildman–Crippen MR) is 97.3 cm³/mol. The third-order valence-electron chi connectivity index (χ3n) is 5.01. The Balaban J connectivity index is 0.000000360. The highest BCUT2D eigenvalue weighted by molar-refractivity contribution is 5.95. The topological polar surface area (TPSA) is 115 Å². The molecule has 0 bridgehead atoms. The Hall–Kier alpha value is -3.22. The zero-order valence-corrected chi connectivity index (χ0v) is 16.7. The van der Waals surface area contributed by atoms with Gasteiger partial charge in [-0.3, -0.25) is 4.79 Å². The number of carbonyl (C=O) groups excluding carboxylic acids is 1. The van der Waals surface area contributed by atoms with Crippen LogP contribution >= 0.6 is 0 Å². The smallest absolute Gasteiger partial charge is 0.475 e. The Bertz CT molecular complexity index is 967. The van der Waals surface area contributed by atoms with E-state index in [1.165, 1.54) is 24.5 Å². The molecule has 2 fully saturated rings. The second-order valence-corrected chi connectivity index (χ2v) is 7.02. The van der Waals surface area contributed by atoms with E-state index in [0.29, 0.717) is 30.9 Å². The molecule has 13 heteroatoms. The van der Waals surface area contributed by atoms with Crippen molar-refractivity contribution in [3.63, 3.8) is 0 Å². The lowest BCUT2D eigenvalue weighted by Crippen LogP contribution is -2.54. The van der Waals surface area contributed by atoms with Crippen molar-refractivity contribution in [2.75, 3.05) is 13.2 Å². The molecule has 1 aliphatic heterocycles. The molecule has 0 radical (unpaired) electrons. The fourth-order valence-electron chi connectivity index (χ4n) is 3.55. The van der Waals surface area contributed by atoms with Crippen LogP contribution < -0.4 is 4.74 Å². The number of hydrogen-bond acceptors (Lipinski definition) is 7. The van der Waals surface area contributed by atoms with Crippen LogP contribution in [0.4, 0.5) is 17.6 Å². The maximum Gasteiger partial charge on any atom is 0.490 e. The van der Waals surface area contributed by atoms with Crippen molar-refractivity contribution >= 4 is 11.9 Å². The number of nitrogens with zero attached hydrogens (tertiary/aromatic N) is 3. The van der Waals surface area contributed by atoms with E-state index in [0.717, 1.165) is 6.42 Å². The monoisotopic (exact) mass is 461 g/mol. The van der Waals surface area contributed by atoms with Crippen LogP contribution in [0.15, 0.2) is 29.0 Å². The molecule has 1 amide bonds. The first-order valence-corrected chi connectivity index (χ1v) is 9.50. The highest BCUT2D eigenvalue weighted by Gasteiger charge is 2.46. The number of carboxylic acid groups (broad SMARTS) is 1. The van der Waals surface area contributed by atoms with Gasteiger partial charge in [0.25, 0.3) is 11.8 Å². The Morgan fingerprint density at radius 3 is 2.62 bits per heavy atom. The number of alkyl halides is 3. The number of carboxylic acids is 1. The molecule has 0 aromatic carbocycles. The third kappa shape index (κ3) is 5.15. The lowest BCUT2D eigenvalue weighted by molar-refractivity contribution is -0.192. The quantitative estimate of drug-likeness (QED) is 0.694. The number of aryl methyl sites for hydroxylation is 1. The lowest BCUT2D eigenvalue weighted by atomic mass is 10.1.